The van der Waals surface area contributed by atoms with Crippen molar-refractivity contribution in [2.24, 2.45) is 5.73 Å². The maximum atomic E-state index is 11.4. The summed E-state index contributed by atoms with van der Waals surface area (Å²) in [5.41, 5.74) is 5.28. The molecule has 1 heterocycles. The van der Waals surface area contributed by atoms with Crippen LogP contribution in [0.3, 0.4) is 0 Å². The topological polar surface area (TPSA) is 55.1 Å². The number of carbonyl (C=O) groups is 1. The molecule has 0 saturated heterocycles. The smallest absolute Gasteiger partial charge is 0.262 e. The second kappa shape index (κ2) is 5.29. The zero-order valence-corrected chi connectivity index (χ0v) is 9.64. The Labute approximate surface area is 96.2 Å². The van der Waals surface area contributed by atoms with Crippen molar-refractivity contribution >= 4 is 46.1 Å². The molecule has 0 bridgehead atoms. The maximum Gasteiger partial charge on any atom is 0.262 e. The Morgan fingerprint density at radius 2 is 2.43 bits per heavy atom. The Bertz CT molecular complexity index is 351. The third kappa shape index (κ3) is 3.25. The zero-order valence-electron chi connectivity index (χ0n) is 7.25. The largest absolute Gasteiger partial charge is 0.393 e. The molecule has 1 aromatic rings. The molecule has 0 aliphatic rings. The van der Waals surface area contributed by atoms with Crippen LogP contribution in [-0.2, 0) is 0 Å². The predicted molar refractivity (Wildman–Crippen MR) is 63.1 cm³/mol. The van der Waals surface area contributed by atoms with Gasteiger partial charge in [-0.1, -0.05) is 23.8 Å². The highest BCUT2D eigenvalue weighted by molar-refractivity contribution is 7.80. The molecule has 3 N–H and O–H groups in total. The Morgan fingerprint density at radius 1 is 1.71 bits per heavy atom. The standard InChI is InChI=1S/C8H9ClN2OS2/c9-5-2-4-14-7(5)8(12)11-3-1-6(10)13/h2,4H,1,3H2,(H2,10,13)(H,11,12). The van der Waals surface area contributed by atoms with Crippen LogP contribution in [0.25, 0.3) is 0 Å². The van der Waals surface area contributed by atoms with E-state index in [9.17, 15) is 4.79 Å². The van der Waals surface area contributed by atoms with Crippen LogP contribution in [0.5, 0.6) is 0 Å². The number of rotatable bonds is 4. The first-order valence-electron chi connectivity index (χ1n) is 3.90. The first-order chi connectivity index (χ1) is 6.61. The van der Waals surface area contributed by atoms with E-state index in [0.29, 0.717) is 27.9 Å². The summed E-state index contributed by atoms with van der Waals surface area (Å²) < 4.78 is 0. The van der Waals surface area contributed by atoms with Crippen molar-refractivity contribution in [1.82, 2.24) is 5.32 Å². The minimum absolute atomic E-state index is 0.179. The molecule has 6 heteroatoms. The summed E-state index contributed by atoms with van der Waals surface area (Å²) in [5.74, 6) is -0.179. The van der Waals surface area contributed by atoms with E-state index in [-0.39, 0.29) is 5.91 Å². The molecule has 0 unspecified atom stereocenters. The van der Waals surface area contributed by atoms with E-state index in [0.717, 1.165) is 0 Å². The van der Waals surface area contributed by atoms with Crippen LogP contribution < -0.4 is 11.1 Å². The molecule has 1 amide bonds. The van der Waals surface area contributed by atoms with Gasteiger partial charge in [0.25, 0.3) is 5.91 Å². The molecular formula is C8H9ClN2OS2. The number of thiocarbonyl (C=S) groups is 1. The molecular weight excluding hydrogens is 240 g/mol. The Hall–Kier alpha value is -0.650. The van der Waals surface area contributed by atoms with Gasteiger partial charge >= 0.3 is 0 Å². The lowest BCUT2D eigenvalue weighted by molar-refractivity contribution is 0.0959. The van der Waals surface area contributed by atoms with Crippen LogP contribution in [0.15, 0.2) is 11.4 Å². The van der Waals surface area contributed by atoms with Crippen LogP contribution in [0.1, 0.15) is 16.1 Å². The molecule has 1 aromatic heterocycles. The number of amides is 1. The van der Waals surface area contributed by atoms with Crippen molar-refractivity contribution in [3.63, 3.8) is 0 Å². The van der Waals surface area contributed by atoms with Crippen LogP contribution in [0.2, 0.25) is 5.02 Å². The summed E-state index contributed by atoms with van der Waals surface area (Å²) in [7, 11) is 0. The molecule has 14 heavy (non-hydrogen) atoms. The average Bonchev–Trinajstić information content (AvgIpc) is 2.50. The number of nitrogens with two attached hydrogens (primary N) is 1. The molecule has 0 saturated carbocycles. The van der Waals surface area contributed by atoms with Crippen molar-refractivity contribution in [1.29, 1.82) is 0 Å². The monoisotopic (exact) mass is 248 g/mol. The number of nitrogens with one attached hydrogen (secondary N) is 1. The fourth-order valence-electron chi connectivity index (χ4n) is 0.835. The highest BCUT2D eigenvalue weighted by atomic mass is 35.5. The summed E-state index contributed by atoms with van der Waals surface area (Å²) in [6.45, 7) is 0.447. The van der Waals surface area contributed by atoms with Crippen molar-refractivity contribution in [3.05, 3.63) is 21.3 Å². The second-order valence-corrected chi connectivity index (χ2v) is 4.42. The summed E-state index contributed by atoms with van der Waals surface area (Å²) >= 11 is 11.8. The molecule has 0 aromatic carbocycles. The zero-order chi connectivity index (χ0) is 10.6. The van der Waals surface area contributed by atoms with Gasteiger partial charge in [0.1, 0.15) is 4.88 Å². The molecule has 0 spiro atoms. The number of hydrogen-bond donors (Lipinski definition) is 2. The van der Waals surface area contributed by atoms with E-state index in [1.807, 2.05) is 0 Å². The minimum Gasteiger partial charge on any atom is -0.393 e. The Morgan fingerprint density at radius 3 is 2.93 bits per heavy atom. The Kier molecular flexibility index (Phi) is 4.31. The van der Waals surface area contributed by atoms with Crippen molar-refractivity contribution in [2.45, 2.75) is 6.42 Å². The lowest BCUT2D eigenvalue weighted by Crippen LogP contribution is -2.26. The van der Waals surface area contributed by atoms with Gasteiger partial charge in [-0.05, 0) is 11.4 Å². The van der Waals surface area contributed by atoms with Gasteiger partial charge in [-0.3, -0.25) is 4.79 Å². The number of hydrogen-bond acceptors (Lipinski definition) is 3. The normalized spacial score (nSPS) is 9.79. The average molecular weight is 249 g/mol. The summed E-state index contributed by atoms with van der Waals surface area (Å²) in [6, 6.07) is 1.69. The summed E-state index contributed by atoms with van der Waals surface area (Å²) in [6.07, 6.45) is 0.504. The van der Waals surface area contributed by atoms with Gasteiger partial charge in [0.05, 0.1) is 10.0 Å². The van der Waals surface area contributed by atoms with E-state index in [1.165, 1.54) is 11.3 Å². The lowest BCUT2D eigenvalue weighted by atomic mass is 10.4. The van der Waals surface area contributed by atoms with Crippen LogP contribution in [0.4, 0.5) is 0 Å². The highest BCUT2D eigenvalue weighted by Gasteiger charge is 2.10. The summed E-state index contributed by atoms with van der Waals surface area (Å²) in [4.78, 5) is 12.4. The molecule has 3 nitrogen and oxygen atoms in total. The SMILES string of the molecule is NC(=S)CCNC(=O)c1sccc1Cl. The van der Waals surface area contributed by atoms with Gasteiger partial charge in [-0.15, -0.1) is 11.3 Å². The molecule has 0 fully saturated rings. The van der Waals surface area contributed by atoms with Gasteiger partial charge < -0.3 is 11.1 Å². The fraction of sp³-hybridized carbons (Fsp3) is 0.250. The van der Waals surface area contributed by atoms with E-state index < -0.39 is 0 Å². The van der Waals surface area contributed by atoms with Crippen LogP contribution >= 0.6 is 35.2 Å². The van der Waals surface area contributed by atoms with E-state index in [1.54, 1.807) is 11.4 Å². The minimum atomic E-state index is -0.179. The van der Waals surface area contributed by atoms with Crippen LogP contribution in [-0.4, -0.2) is 17.4 Å². The van der Waals surface area contributed by atoms with Crippen LogP contribution in [0, 0.1) is 0 Å². The van der Waals surface area contributed by atoms with Gasteiger partial charge in [0.2, 0.25) is 0 Å². The van der Waals surface area contributed by atoms with Crippen molar-refractivity contribution in [2.75, 3.05) is 6.54 Å². The molecule has 0 aliphatic heterocycles. The van der Waals surface area contributed by atoms with E-state index in [4.69, 9.17) is 17.3 Å². The maximum absolute atomic E-state index is 11.4. The van der Waals surface area contributed by atoms with Crippen molar-refractivity contribution in [3.8, 4) is 0 Å². The quantitative estimate of drug-likeness (QED) is 0.799. The van der Waals surface area contributed by atoms with Gasteiger partial charge in [-0.25, -0.2) is 0 Å². The summed E-state index contributed by atoms with van der Waals surface area (Å²) in [5, 5.41) is 4.92. The van der Waals surface area contributed by atoms with Gasteiger partial charge in [0, 0.05) is 13.0 Å². The first kappa shape index (κ1) is 11.4. The molecule has 76 valence electrons. The molecule has 0 radical (unpaired) electrons. The fourth-order valence-corrected chi connectivity index (χ4v) is 1.99. The highest BCUT2D eigenvalue weighted by Crippen LogP contribution is 2.21. The van der Waals surface area contributed by atoms with Crippen molar-refractivity contribution < 1.29 is 4.79 Å². The molecule has 0 aliphatic carbocycles. The first-order valence-corrected chi connectivity index (χ1v) is 5.57. The predicted octanol–water partition coefficient (Wildman–Crippen LogP) is 1.81. The van der Waals surface area contributed by atoms with Gasteiger partial charge in [-0.2, -0.15) is 0 Å². The van der Waals surface area contributed by atoms with Gasteiger partial charge in [0.15, 0.2) is 0 Å². The number of halogens is 1. The third-order valence-electron chi connectivity index (χ3n) is 1.48. The van der Waals surface area contributed by atoms with E-state index >= 15 is 0 Å². The van der Waals surface area contributed by atoms with E-state index in [2.05, 4.69) is 17.5 Å². The number of carbonyl (C=O) groups excluding carboxylic acids is 1. The third-order valence-corrected chi connectivity index (χ3v) is 3.02. The molecule has 1 rings (SSSR count). The Balaban J connectivity index is 2.44. The number of thiophene rings is 1. The lowest BCUT2D eigenvalue weighted by Gasteiger charge is -2.02. The second-order valence-electron chi connectivity index (χ2n) is 2.57. The molecule has 0 atom stereocenters.